The van der Waals surface area contributed by atoms with Gasteiger partial charge in [-0.25, -0.2) is 0 Å². The van der Waals surface area contributed by atoms with Crippen LogP contribution in [0.25, 0.3) is 10.9 Å². The van der Waals surface area contributed by atoms with Crippen LogP contribution in [0.3, 0.4) is 0 Å². The van der Waals surface area contributed by atoms with Crippen molar-refractivity contribution in [1.82, 2.24) is 14.8 Å². The highest BCUT2D eigenvalue weighted by atomic mass is 16.6. The second-order valence-electron chi connectivity index (χ2n) is 7.82. The van der Waals surface area contributed by atoms with Crippen LogP contribution >= 0.6 is 0 Å². The van der Waals surface area contributed by atoms with Crippen molar-refractivity contribution in [2.24, 2.45) is 0 Å². The van der Waals surface area contributed by atoms with E-state index in [0.29, 0.717) is 13.2 Å². The van der Waals surface area contributed by atoms with Gasteiger partial charge >= 0.3 is 5.69 Å². The number of piperazine rings is 1. The Labute approximate surface area is 180 Å². The van der Waals surface area contributed by atoms with Crippen LogP contribution in [0.15, 0.2) is 48.5 Å². The molecule has 0 amide bonds. The van der Waals surface area contributed by atoms with Gasteiger partial charge in [0.2, 0.25) is 0 Å². The summed E-state index contributed by atoms with van der Waals surface area (Å²) < 4.78 is 6.05. The Morgan fingerprint density at radius 2 is 1.87 bits per heavy atom. The van der Waals surface area contributed by atoms with E-state index in [1.807, 2.05) is 31.2 Å². The zero-order chi connectivity index (χ0) is 21.8. The van der Waals surface area contributed by atoms with E-state index in [4.69, 9.17) is 4.74 Å². The highest BCUT2D eigenvalue weighted by molar-refractivity contribution is 5.85. The lowest BCUT2D eigenvalue weighted by atomic mass is 10.1. The summed E-state index contributed by atoms with van der Waals surface area (Å²) in [5.41, 5.74) is 2.53. The lowest BCUT2D eigenvalue weighted by molar-refractivity contribution is -0.385. The Morgan fingerprint density at radius 1 is 1.10 bits per heavy atom. The molecule has 8 nitrogen and oxygen atoms in total. The third kappa shape index (κ3) is 5.10. The third-order valence-electron chi connectivity index (χ3n) is 5.60. The minimum absolute atomic E-state index is 0.243. The highest BCUT2D eigenvalue weighted by Crippen LogP contribution is 2.27. The number of aromatic nitrogens is 1. The first-order valence-corrected chi connectivity index (χ1v) is 10.4. The molecule has 4 rings (SSSR count). The number of hydrogen-bond acceptors (Lipinski definition) is 7. The second kappa shape index (κ2) is 9.28. The average molecular weight is 422 g/mol. The molecule has 1 saturated heterocycles. The number of pyridine rings is 1. The second-order valence-corrected chi connectivity index (χ2v) is 7.82. The number of benzene rings is 2. The summed E-state index contributed by atoms with van der Waals surface area (Å²) in [5, 5.41) is 21.6. The number of phenolic OH excluding ortho intramolecular Hbond substituents is 1. The molecule has 1 fully saturated rings. The number of phenols is 1. The van der Waals surface area contributed by atoms with Crippen molar-refractivity contribution in [3.05, 3.63) is 69.9 Å². The largest absolute Gasteiger partial charge is 0.502 e. The number of aryl methyl sites for hydroxylation is 1. The van der Waals surface area contributed by atoms with Crippen molar-refractivity contribution in [3.63, 3.8) is 0 Å². The maximum atomic E-state index is 11.0. The molecule has 2 heterocycles. The fourth-order valence-electron chi connectivity index (χ4n) is 3.88. The molecule has 162 valence electrons. The van der Waals surface area contributed by atoms with E-state index in [9.17, 15) is 15.2 Å². The Kier molecular flexibility index (Phi) is 6.29. The van der Waals surface area contributed by atoms with E-state index < -0.39 is 4.92 Å². The maximum absolute atomic E-state index is 11.0. The van der Waals surface area contributed by atoms with Crippen LogP contribution in [-0.4, -0.2) is 64.1 Å². The molecule has 0 saturated carbocycles. The van der Waals surface area contributed by atoms with Crippen molar-refractivity contribution in [3.8, 4) is 11.5 Å². The Morgan fingerprint density at radius 3 is 2.65 bits per heavy atom. The molecule has 1 N–H and O–H groups in total. The van der Waals surface area contributed by atoms with E-state index in [1.54, 1.807) is 6.07 Å². The smallest absolute Gasteiger partial charge is 0.311 e. The van der Waals surface area contributed by atoms with Crippen molar-refractivity contribution in [1.29, 1.82) is 0 Å². The predicted molar refractivity (Wildman–Crippen MR) is 118 cm³/mol. The van der Waals surface area contributed by atoms with Crippen molar-refractivity contribution in [2.45, 2.75) is 13.5 Å². The average Bonchev–Trinajstić information content (AvgIpc) is 2.76. The molecule has 0 unspecified atom stereocenters. The van der Waals surface area contributed by atoms with E-state index >= 15 is 0 Å². The molecule has 0 aliphatic carbocycles. The molecule has 0 spiro atoms. The van der Waals surface area contributed by atoms with Crippen LogP contribution in [0.5, 0.6) is 11.5 Å². The number of hydrogen-bond donors (Lipinski definition) is 1. The summed E-state index contributed by atoms with van der Waals surface area (Å²) in [7, 11) is 0. The lowest BCUT2D eigenvalue weighted by Crippen LogP contribution is -2.47. The molecule has 8 heteroatoms. The number of nitro groups is 1. The lowest BCUT2D eigenvalue weighted by Gasteiger charge is -2.34. The topological polar surface area (TPSA) is 92.0 Å². The van der Waals surface area contributed by atoms with E-state index in [1.165, 1.54) is 12.1 Å². The van der Waals surface area contributed by atoms with Gasteiger partial charge in [-0.2, -0.15) is 0 Å². The summed E-state index contributed by atoms with van der Waals surface area (Å²) >= 11 is 0. The van der Waals surface area contributed by atoms with E-state index in [0.717, 1.165) is 60.6 Å². The minimum Gasteiger partial charge on any atom is -0.502 e. The van der Waals surface area contributed by atoms with Gasteiger partial charge in [0.1, 0.15) is 12.4 Å². The monoisotopic (exact) mass is 422 g/mol. The first-order valence-electron chi connectivity index (χ1n) is 10.4. The number of rotatable bonds is 7. The molecular formula is C23H26N4O4. The first kappa shape index (κ1) is 21.0. The van der Waals surface area contributed by atoms with Gasteiger partial charge in [-0.15, -0.1) is 0 Å². The van der Waals surface area contributed by atoms with Crippen LogP contribution in [-0.2, 0) is 6.54 Å². The minimum atomic E-state index is -0.552. The summed E-state index contributed by atoms with van der Waals surface area (Å²) in [6.07, 6.45) is 0. The maximum Gasteiger partial charge on any atom is 0.311 e. The predicted octanol–water partition coefficient (Wildman–Crippen LogP) is 3.35. The van der Waals surface area contributed by atoms with E-state index in [-0.39, 0.29) is 11.4 Å². The molecular weight excluding hydrogens is 396 g/mol. The fraction of sp³-hybridized carbons (Fsp3) is 0.348. The molecule has 1 aliphatic rings. The standard InChI is InChI=1S/C23H26N4O4/c1-17-5-7-19-20(24-17)3-2-4-23(19)31-14-13-25-9-11-26(12-10-25)16-18-6-8-22(28)21(15-18)27(29)30/h2-8,15,28H,9-14,16H2,1H3. The fourth-order valence-corrected chi connectivity index (χ4v) is 3.88. The number of nitrogens with zero attached hydrogens (tertiary/aromatic N) is 4. The van der Waals surface area contributed by atoms with Crippen molar-refractivity contribution < 1.29 is 14.8 Å². The van der Waals surface area contributed by atoms with Crippen molar-refractivity contribution >= 4 is 16.6 Å². The van der Waals surface area contributed by atoms with Crippen LogP contribution in [0.1, 0.15) is 11.3 Å². The molecule has 1 aliphatic heterocycles. The molecule has 0 bridgehead atoms. The Bertz CT molecular complexity index is 1080. The molecule has 3 aromatic rings. The third-order valence-corrected chi connectivity index (χ3v) is 5.60. The number of aromatic hydroxyl groups is 1. The van der Waals surface area contributed by atoms with Crippen LogP contribution in [0.4, 0.5) is 5.69 Å². The summed E-state index contributed by atoms with van der Waals surface area (Å²) in [5.74, 6) is 0.563. The van der Waals surface area contributed by atoms with Crippen molar-refractivity contribution in [2.75, 3.05) is 39.3 Å². The number of nitro benzene ring substituents is 1. The molecule has 0 radical (unpaired) electrons. The highest BCUT2D eigenvalue weighted by Gasteiger charge is 2.19. The molecule has 0 atom stereocenters. The van der Waals surface area contributed by atoms with Gasteiger partial charge in [0.05, 0.1) is 10.4 Å². The summed E-state index contributed by atoms with van der Waals surface area (Å²) in [6.45, 7) is 7.66. The van der Waals surface area contributed by atoms with Gasteiger partial charge < -0.3 is 9.84 Å². The first-order chi connectivity index (χ1) is 15.0. The Balaban J connectivity index is 1.26. The van der Waals surface area contributed by atoms with Gasteiger partial charge in [-0.05, 0) is 42.8 Å². The van der Waals surface area contributed by atoms with Gasteiger partial charge in [0, 0.05) is 56.4 Å². The SMILES string of the molecule is Cc1ccc2c(OCCN3CCN(Cc4ccc(O)c([N+](=O)[O-])c4)CC3)cccc2n1. The molecule has 1 aromatic heterocycles. The van der Waals surface area contributed by atoms with Gasteiger partial charge in [-0.1, -0.05) is 12.1 Å². The number of fused-ring (bicyclic) bond motifs is 1. The van der Waals surface area contributed by atoms with E-state index in [2.05, 4.69) is 20.9 Å². The number of ether oxygens (including phenoxy) is 1. The molecule has 31 heavy (non-hydrogen) atoms. The van der Waals surface area contributed by atoms with Gasteiger partial charge in [0.15, 0.2) is 5.75 Å². The van der Waals surface area contributed by atoms with Crippen LogP contribution < -0.4 is 4.74 Å². The van der Waals surface area contributed by atoms with Crippen LogP contribution in [0, 0.1) is 17.0 Å². The quantitative estimate of drug-likeness (QED) is 0.461. The van der Waals surface area contributed by atoms with Crippen LogP contribution in [0.2, 0.25) is 0 Å². The zero-order valence-electron chi connectivity index (χ0n) is 17.5. The van der Waals surface area contributed by atoms with Gasteiger partial charge in [-0.3, -0.25) is 24.9 Å². The Hall–Kier alpha value is -3.23. The zero-order valence-corrected chi connectivity index (χ0v) is 17.5. The summed E-state index contributed by atoms with van der Waals surface area (Å²) in [4.78, 5) is 19.6. The summed E-state index contributed by atoms with van der Waals surface area (Å²) in [6, 6.07) is 14.6. The van der Waals surface area contributed by atoms with Gasteiger partial charge in [0.25, 0.3) is 0 Å². The molecule has 2 aromatic carbocycles. The normalized spacial score (nSPS) is 15.3.